The van der Waals surface area contributed by atoms with Gasteiger partial charge in [-0.1, -0.05) is 18.1 Å². The fourth-order valence-corrected chi connectivity index (χ4v) is 1.56. The molecule has 0 bridgehead atoms. The average Bonchev–Trinajstić information content (AvgIpc) is 2.60. The quantitative estimate of drug-likeness (QED) is 0.436. The van der Waals surface area contributed by atoms with Gasteiger partial charge in [0.05, 0.1) is 11.1 Å². The lowest BCUT2D eigenvalue weighted by molar-refractivity contribution is 0.0734. The minimum Gasteiger partial charge on any atom is -0.369 e. The highest BCUT2D eigenvalue weighted by Gasteiger charge is 2.34. The Hall–Kier alpha value is -2.12. The molecule has 0 aromatic heterocycles. The molecule has 4 heteroatoms. The zero-order valence-corrected chi connectivity index (χ0v) is 9.40. The van der Waals surface area contributed by atoms with Crippen LogP contribution >= 0.6 is 0 Å². The summed E-state index contributed by atoms with van der Waals surface area (Å²) in [5.74, 6) is 1.90. The molecule has 2 rings (SSSR count). The van der Waals surface area contributed by atoms with Crippen LogP contribution in [0, 0.1) is 12.0 Å². The van der Waals surface area contributed by atoms with Crippen molar-refractivity contribution in [2.24, 2.45) is 0 Å². The van der Waals surface area contributed by atoms with Gasteiger partial charge in [-0.2, -0.15) is 4.90 Å². The molecule has 1 aliphatic heterocycles. The van der Waals surface area contributed by atoms with E-state index in [1.54, 1.807) is 24.3 Å². The highest BCUT2D eigenvalue weighted by Crippen LogP contribution is 2.21. The van der Waals surface area contributed by atoms with E-state index < -0.39 is 0 Å². The van der Waals surface area contributed by atoms with E-state index in [0.29, 0.717) is 17.7 Å². The molecular weight excluding hydrogens is 218 g/mol. The Morgan fingerprint density at radius 1 is 1.18 bits per heavy atom. The van der Waals surface area contributed by atoms with Gasteiger partial charge in [0.25, 0.3) is 11.8 Å². The number of fused-ring (bicyclic) bond motifs is 1. The van der Waals surface area contributed by atoms with E-state index in [9.17, 15) is 9.59 Å². The minimum atomic E-state index is -0.366. The summed E-state index contributed by atoms with van der Waals surface area (Å²) in [6, 6.07) is 9.22. The zero-order chi connectivity index (χ0) is 12.3. The standard InChI is InChI=1S/C13H11NO3/c1-2-17-9-5-8-14-12(15)10-6-3-4-7-11(10)13(14)16/h3-4,6-7H,2,9H2,1H3. The molecule has 2 amide bonds. The maximum atomic E-state index is 11.8. The van der Waals surface area contributed by atoms with Crippen LogP contribution in [0.1, 0.15) is 27.6 Å². The fourth-order valence-electron chi connectivity index (χ4n) is 1.56. The molecule has 0 aliphatic carbocycles. The molecule has 0 saturated carbocycles. The summed E-state index contributed by atoms with van der Waals surface area (Å²) in [5.41, 5.74) is 0.811. The van der Waals surface area contributed by atoms with Crippen LogP contribution in [0.25, 0.3) is 0 Å². The third-order valence-electron chi connectivity index (χ3n) is 2.36. The van der Waals surface area contributed by atoms with E-state index >= 15 is 0 Å². The Bertz CT molecular complexity index is 490. The van der Waals surface area contributed by atoms with Crippen molar-refractivity contribution < 1.29 is 14.3 Å². The monoisotopic (exact) mass is 229 g/mol. The van der Waals surface area contributed by atoms with Gasteiger partial charge < -0.3 is 4.74 Å². The number of imide groups is 1. The van der Waals surface area contributed by atoms with Crippen LogP contribution in [0.5, 0.6) is 0 Å². The number of rotatable bonds is 2. The molecule has 0 atom stereocenters. The van der Waals surface area contributed by atoms with E-state index in [1.807, 2.05) is 6.92 Å². The number of benzene rings is 1. The maximum Gasteiger partial charge on any atom is 0.273 e. The van der Waals surface area contributed by atoms with Crippen LogP contribution in [0.3, 0.4) is 0 Å². The molecule has 4 nitrogen and oxygen atoms in total. The number of carbonyl (C=O) groups excluding carboxylic acids is 2. The topological polar surface area (TPSA) is 46.6 Å². The summed E-state index contributed by atoms with van der Waals surface area (Å²) in [5, 5.41) is 0. The van der Waals surface area contributed by atoms with Crippen molar-refractivity contribution in [2.75, 3.05) is 13.2 Å². The molecule has 86 valence electrons. The summed E-state index contributed by atoms with van der Waals surface area (Å²) in [7, 11) is 0. The highest BCUT2D eigenvalue weighted by atomic mass is 16.5. The molecular formula is C13H11NO3. The molecule has 0 N–H and O–H groups in total. The summed E-state index contributed by atoms with van der Waals surface area (Å²) in [6.07, 6.45) is 0. The van der Waals surface area contributed by atoms with Crippen LogP contribution in [0.4, 0.5) is 0 Å². The zero-order valence-electron chi connectivity index (χ0n) is 9.40. The van der Waals surface area contributed by atoms with Gasteiger partial charge in [0.2, 0.25) is 0 Å². The van der Waals surface area contributed by atoms with E-state index in [1.165, 1.54) is 0 Å². The molecule has 1 aromatic carbocycles. The second kappa shape index (κ2) is 4.81. The Morgan fingerprint density at radius 3 is 2.29 bits per heavy atom. The van der Waals surface area contributed by atoms with Gasteiger partial charge >= 0.3 is 0 Å². The number of ether oxygens (including phenoxy) is 1. The molecule has 1 aliphatic rings. The largest absolute Gasteiger partial charge is 0.369 e. The lowest BCUT2D eigenvalue weighted by atomic mass is 10.1. The van der Waals surface area contributed by atoms with Crippen molar-refractivity contribution in [3.05, 3.63) is 35.4 Å². The lowest BCUT2D eigenvalue weighted by Crippen LogP contribution is -2.24. The number of hydrogen-bond acceptors (Lipinski definition) is 3. The second-order valence-corrected chi connectivity index (χ2v) is 3.42. The first-order chi connectivity index (χ1) is 8.25. The first-order valence-electron chi connectivity index (χ1n) is 5.29. The van der Waals surface area contributed by atoms with E-state index in [4.69, 9.17) is 4.74 Å². The van der Waals surface area contributed by atoms with Crippen LogP contribution in [-0.4, -0.2) is 29.9 Å². The molecule has 0 saturated heterocycles. The average molecular weight is 229 g/mol. The van der Waals surface area contributed by atoms with Crippen molar-refractivity contribution in [3.8, 4) is 12.0 Å². The molecule has 0 unspecified atom stereocenters. The lowest BCUT2D eigenvalue weighted by Gasteiger charge is -2.02. The summed E-state index contributed by atoms with van der Waals surface area (Å²) in [6.45, 7) is 2.62. The van der Waals surface area contributed by atoms with Gasteiger partial charge in [-0.25, -0.2) is 0 Å². The molecule has 0 spiro atoms. The van der Waals surface area contributed by atoms with Crippen molar-refractivity contribution in [1.82, 2.24) is 4.90 Å². The van der Waals surface area contributed by atoms with Gasteiger partial charge in [-0.05, 0) is 19.1 Å². The first kappa shape index (κ1) is 11.4. The van der Waals surface area contributed by atoms with E-state index in [0.717, 1.165) is 4.90 Å². The van der Waals surface area contributed by atoms with Crippen molar-refractivity contribution in [1.29, 1.82) is 0 Å². The fraction of sp³-hybridized carbons (Fsp3) is 0.231. The van der Waals surface area contributed by atoms with Gasteiger partial charge in [0, 0.05) is 12.7 Å². The Kier molecular flexibility index (Phi) is 3.22. The van der Waals surface area contributed by atoms with E-state index in [2.05, 4.69) is 12.0 Å². The van der Waals surface area contributed by atoms with Gasteiger partial charge in [-0.3, -0.25) is 9.59 Å². The summed E-state index contributed by atoms with van der Waals surface area (Å²) < 4.78 is 5.02. The predicted octanol–water partition coefficient (Wildman–Crippen LogP) is 1.28. The van der Waals surface area contributed by atoms with Crippen LogP contribution in [0.15, 0.2) is 24.3 Å². The van der Waals surface area contributed by atoms with Crippen LogP contribution < -0.4 is 0 Å². The molecule has 0 radical (unpaired) electrons. The highest BCUT2D eigenvalue weighted by molar-refractivity contribution is 6.22. The Morgan fingerprint density at radius 2 is 1.76 bits per heavy atom. The molecule has 17 heavy (non-hydrogen) atoms. The summed E-state index contributed by atoms with van der Waals surface area (Å²) in [4.78, 5) is 24.6. The van der Waals surface area contributed by atoms with Gasteiger partial charge in [-0.15, -0.1) is 0 Å². The maximum absolute atomic E-state index is 11.8. The van der Waals surface area contributed by atoms with E-state index in [-0.39, 0.29) is 18.4 Å². The number of hydrogen-bond donors (Lipinski definition) is 0. The third-order valence-corrected chi connectivity index (χ3v) is 2.36. The predicted molar refractivity (Wildman–Crippen MR) is 61.2 cm³/mol. The number of carbonyl (C=O) groups is 2. The van der Waals surface area contributed by atoms with Gasteiger partial charge in [0.1, 0.15) is 6.61 Å². The molecule has 0 fully saturated rings. The van der Waals surface area contributed by atoms with Crippen LogP contribution in [-0.2, 0) is 4.74 Å². The van der Waals surface area contributed by atoms with Crippen molar-refractivity contribution in [2.45, 2.75) is 6.92 Å². The normalized spacial score (nSPS) is 13.4. The van der Waals surface area contributed by atoms with Crippen LogP contribution in [0.2, 0.25) is 0 Å². The minimum absolute atomic E-state index is 0.212. The van der Waals surface area contributed by atoms with Gasteiger partial charge in [0.15, 0.2) is 0 Å². The Labute approximate surface area is 99.2 Å². The number of nitrogens with zero attached hydrogens (tertiary/aromatic N) is 1. The SMILES string of the molecule is CCOCC#CN1C(=O)c2ccccc2C1=O. The third kappa shape index (κ3) is 2.05. The second-order valence-electron chi connectivity index (χ2n) is 3.42. The molecule has 1 aromatic rings. The summed E-state index contributed by atoms with van der Waals surface area (Å²) >= 11 is 0. The number of amides is 2. The first-order valence-corrected chi connectivity index (χ1v) is 5.29. The smallest absolute Gasteiger partial charge is 0.273 e. The Balaban J connectivity index is 2.21. The molecule has 1 heterocycles. The van der Waals surface area contributed by atoms with Crippen molar-refractivity contribution in [3.63, 3.8) is 0 Å². The van der Waals surface area contributed by atoms with Crippen molar-refractivity contribution >= 4 is 11.8 Å².